The van der Waals surface area contributed by atoms with Gasteiger partial charge in [0.05, 0.1) is 16.7 Å². The Morgan fingerprint density at radius 2 is 1.93 bits per heavy atom. The molecule has 8 nitrogen and oxygen atoms in total. The first kappa shape index (κ1) is 17.2. The van der Waals surface area contributed by atoms with Crippen LogP contribution in [0, 0.1) is 10.1 Å². The summed E-state index contributed by atoms with van der Waals surface area (Å²) in [5.41, 5.74) is 5.10. The number of aromatic nitrogens is 3. The van der Waals surface area contributed by atoms with E-state index in [4.69, 9.17) is 0 Å². The topological polar surface area (TPSA) is 106 Å². The van der Waals surface area contributed by atoms with Crippen LogP contribution in [0.4, 0.5) is 11.5 Å². The molecule has 0 unspecified atom stereocenters. The first-order valence-corrected chi connectivity index (χ1v) is 8.41. The summed E-state index contributed by atoms with van der Waals surface area (Å²) in [7, 11) is 0. The minimum atomic E-state index is -0.442. The lowest BCUT2D eigenvalue weighted by molar-refractivity contribution is -0.384. The Hall–Kier alpha value is -4.20. The molecule has 0 amide bonds. The smallest absolute Gasteiger partial charge is 0.264 e. The number of para-hydroxylation sites is 1. The zero-order chi connectivity index (χ0) is 19.3. The Kier molecular flexibility index (Phi) is 4.67. The molecule has 4 rings (SSSR count). The second-order valence-corrected chi connectivity index (χ2v) is 5.88. The van der Waals surface area contributed by atoms with Crippen LogP contribution in [0.2, 0.25) is 0 Å². The Bertz CT molecular complexity index is 1180. The molecule has 0 bridgehead atoms. The van der Waals surface area contributed by atoms with Gasteiger partial charge in [-0.1, -0.05) is 24.3 Å². The van der Waals surface area contributed by atoms with Crippen LogP contribution in [0.15, 0.2) is 78.2 Å². The number of fused-ring (bicyclic) bond motifs is 1. The zero-order valence-corrected chi connectivity index (χ0v) is 14.6. The van der Waals surface area contributed by atoms with Gasteiger partial charge in [-0.05, 0) is 24.3 Å². The van der Waals surface area contributed by atoms with Crippen molar-refractivity contribution >= 4 is 28.6 Å². The van der Waals surface area contributed by atoms with E-state index in [2.05, 4.69) is 25.5 Å². The normalized spacial score (nSPS) is 11.0. The third-order valence-electron chi connectivity index (χ3n) is 3.99. The largest absolute Gasteiger partial charge is 0.270 e. The van der Waals surface area contributed by atoms with E-state index in [1.807, 2.05) is 36.4 Å². The summed E-state index contributed by atoms with van der Waals surface area (Å²) >= 11 is 0. The Morgan fingerprint density at radius 3 is 2.75 bits per heavy atom. The van der Waals surface area contributed by atoms with Gasteiger partial charge in [-0.15, -0.1) is 0 Å². The summed E-state index contributed by atoms with van der Waals surface area (Å²) in [6.45, 7) is 0. The maximum absolute atomic E-state index is 10.9. The lowest BCUT2D eigenvalue weighted by atomic mass is 10.2. The Morgan fingerprint density at radius 1 is 1.04 bits per heavy atom. The van der Waals surface area contributed by atoms with E-state index in [1.54, 1.807) is 24.5 Å². The van der Waals surface area contributed by atoms with Crippen LogP contribution in [-0.4, -0.2) is 26.1 Å². The third kappa shape index (κ3) is 3.65. The van der Waals surface area contributed by atoms with Gasteiger partial charge in [0, 0.05) is 41.0 Å². The number of nitrogens with one attached hydrogen (secondary N) is 1. The monoisotopic (exact) mass is 370 g/mol. The number of hydrazone groups is 1. The number of benzene rings is 2. The number of nitro benzene ring substituents is 1. The van der Waals surface area contributed by atoms with Crippen molar-refractivity contribution in [2.75, 3.05) is 5.43 Å². The highest BCUT2D eigenvalue weighted by Crippen LogP contribution is 2.24. The molecule has 2 aromatic carbocycles. The molecule has 2 heterocycles. The third-order valence-corrected chi connectivity index (χ3v) is 3.99. The van der Waals surface area contributed by atoms with Crippen LogP contribution in [0.5, 0.6) is 0 Å². The van der Waals surface area contributed by atoms with Crippen molar-refractivity contribution in [1.82, 2.24) is 15.0 Å². The van der Waals surface area contributed by atoms with Crippen molar-refractivity contribution in [1.29, 1.82) is 0 Å². The molecule has 0 aliphatic carbocycles. The predicted octanol–water partition coefficient (Wildman–Crippen LogP) is 4.05. The zero-order valence-electron chi connectivity index (χ0n) is 14.6. The average molecular weight is 370 g/mol. The van der Waals surface area contributed by atoms with Crippen molar-refractivity contribution in [2.45, 2.75) is 0 Å². The molecule has 0 spiro atoms. The number of non-ortho nitro benzene ring substituents is 1. The molecule has 136 valence electrons. The van der Waals surface area contributed by atoms with Crippen molar-refractivity contribution in [3.05, 3.63) is 88.7 Å². The quantitative estimate of drug-likeness (QED) is 0.323. The van der Waals surface area contributed by atoms with Gasteiger partial charge in [-0.2, -0.15) is 5.10 Å². The van der Waals surface area contributed by atoms with Gasteiger partial charge < -0.3 is 0 Å². The molecule has 1 N–H and O–H groups in total. The summed E-state index contributed by atoms with van der Waals surface area (Å²) in [5.74, 6) is 1.06. The summed E-state index contributed by atoms with van der Waals surface area (Å²) in [6, 6.07) is 17.5. The fraction of sp³-hybridized carbons (Fsp3) is 0. The van der Waals surface area contributed by atoms with Gasteiger partial charge in [-0.3, -0.25) is 20.5 Å². The lowest BCUT2D eigenvalue weighted by Crippen LogP contribution is -1.99. The highest BCUT2D eigenvalue weighted by molar-refractivity contribution is 5.91. The van der Waals surface area contributed by atoms with E-state index < -0.39 is 4.92 Å². The number of rotatable bonds is 5. The SMILES string of the molecule is O=[N+]([O-])c1cccc(C=NNc2nc(-c3cccnc3)nc3ccccc23)c1. The highest BCUT2D eigenvalue weighted by Gasteiger charge is 2.09. The fourth-order valence-electron chi connectivity index (χ4n) is 2.67. The number of hydrogen-bond donors (Lipinski definition) is 1. The van der Waals surface area contributed by atoms with E-state index in [1.165, 1.54) is 18.3 Å². The maximum atomic E-state index is 10.9. The minimum absolute atomic E-state index is 0.00954. The fourth-order valence-corrected chi connectivity index (χ4v) is 2.67. The van der Waals surface area contributed by atoms with E-state index in [9.17, 15) is 10.1 Å². The number of anilines is 1. The van der Waals surface area contributed by atoms with Crippen LogP contribution in [-0.2, 0) is 0 Å². The number of hydrogen-bond acceptors (Lipinski definition) is 7. The summed E-state index contributed by atoms with van der Waals surface area (Å²) in [4.78, 5) is 23.7. The maximum Gasteiger partial charge on any atom is 0.270 e. The van der Waals surface area contributed by atoms with E-state index in [0.717, 1.165) is 16.5 Å². The molecule has 0 radical (unpaired) electrons. The Balaban J connectivity index is 1.68. The molecule has 0 atom stereocenters. The predicted molar refractivity (Wildman–Crippen MR) is 107 cm³/mol. The molecule has 0 fully saturated rings. The van der Waals surface area contributed by atoms with Crippen LogP contribution in [0.3, 0.4) is 0 Å². The summed E-state index contributed by atoms with van der Waals surface area (Å²) in [5, 5.41) is 15.9. The van der Waals surface area contributed by atoms with Gasteiger partial charge in [0.15, 0.2) is 11.6 Å². The van der Waals surface area contributed by atoms with Crippen molar-refractivity contribution in [2.24, 2.45) is 5.10 Å². The molecular formula is C20H14N6O2. The minimum Gasteiger partial charge on any atom is -0.264 e. The molecule has 0 saturated heterocycles. The van der Waals surface area contributed by atoms with E-state index in [0.29, 0.717) is 17.2 Å². The number of pyridine rings is 1. The molecule has 0 aliphatic heterocycles. The van der Waals surface area contributed by atoms with Crippen molar-refractivity contribution in [3.63, 3.8) is 0 Å². The van der Waals surface area contributed by atoms with Crippen LogP contribution in [0.25, 0.3) is 22.3 Å². The van der Waals surface area contributed by atoms with Crippen molar-refractivity contribution in [3.8, 4) is 11.4 Å². The molecule has 4 aromatic rings. The second kappa shape index (κ2) is 7.58. The van der Waals surface area contributed by atoms with Gasteiger partial charge in [-0.25, -0.2) is 9.97 Å². The van der Waals surface area contributed by atoms with E-state index in [-0.39, 0.29) is 5.69 Å². The van der Waals surface area contributed by atoms with Crippen LogP contribution in [0.1, 0.15) is 5.56 Å². The first-order chi connectivity index (χ1) is 13.7. The van der Waals surface area contributed by atoms with Gasteiger partial charge in [0.2, 0.25) is 0 Å². The first-order valence-electron chi connectivity index (χ1n) is 8.41. The standard InChI is InChI=1S/C20H14N6O2/c27-26(28)16-7-3-5-14(11-16)12-22-25-20-17-8-1-2-9-18(17)23-19(24-20)15-6-4-10-21-13-15/h1-13H,(H,23,24,25). The summed E-state index contributed by atoms with van der Waals surface area (Å²) in [6.07, 6.45) is 4.89. The highest BCUT2D eigenvalue weighted by atomic mass is 16.6. The van der Waals surface area contributed by atoms with Crippen molar-refractivity contribution < 1.29 is 4.92 Å². The Labute approximate surface area is 159 Å². The molecule has 0 saturated carbocycles. The van der Waals surface area contributed by atoms with E-state index >= 15 is 0 Å². The molecule has 0 aliphatic rings. The van der Waals surface area contributed by atoms with Gasteiger partial charge in [0.25, 0.3) is 5.69 Å². The van der Waals surface area contributed by atoms with Gasteiger partial charge >= 0.3 is 0 Å². The van der Waals surface area contributed by atoms with Gasteiger partial charge in [0.1, 0.15) is 0 Å². The lowest BCUT2D eigenvalue weighted by Gasteiger charge is -2.08. The molecule has 8 heteroatoms. The van der Waals surface area contributed by atoms with Crippen LogP contribution < -0.4 is 5.43 Å². The number of nitrogens with zero attached hydrogens (tertiary/aromatic N) is 5. The molecule has 2 aromatic heterocycles. The molecule has 28 heavy (non-hydrogen) atoms. The number of nitro groups is 1. The second-order valence-electron chi connectivity index (χ2n) is 5.88. The van der Waals surface area contributed by atoms with Crippen LogP contribution >= 0.6 is 0 Å². The summed E-state index contributed by atoms with van der Waals surface area (Å²) < 4.78 is 0. The molecular weight excluding hydrogens is 356 g/mol. The average Bonchev–Trinajstić information content (AvgIpc) is 2.74.